The number of carboxylic acids is 1. The molecule has 1 N–H and O–H groups in total. The van der Waals surface area contributed by atoms with Gasteiger partial charge in [0.1, 0.15) is 0 Å². The number of carbonyl (C=O) groups is 1. The molecule has 7 unspecified atom stereocenters. The van der Waals surface area contributed by atoms with Gasteiger partial charge in [-0.05, 0) is 111 Å². The molecule has 2 heteroatoms. The molecular formula is C27H46O2. The van der Waals surface area contributed by atoms with Gasteiger partial charge in [-0.1, -0.05) is 46.5 Å². The largest absolute Gasteiger partial charge is 0.481 e. The lowest BCUT2D eigenvalue weighted by molar-refractivity contribution is -0.137. The van der Waals surface area contributed by atoms with Gasteiger partial charge in [0, 0.05) is 6.42 Å². The average Bonchev–Trinajstić information content (AvgIpc) is 3.39. The minimum atomic E-state index is -0.619. The Balaban J connectivity index is 0.000000458. The van der Waals surface area contributed by atoms with Crippen LogP contribution in [0.2, 0.25) is 0 Å². The molecule has 0 spiro atoms. The summed E-state index contributed by atoms with van der Waals surface area (Å²) in [5.41, 5.74) is 1.15. The van der Waals surface area contributed by atoms with Crippen LogP contribution in [0.5, 0.6) is 0 Å². The highest BCUT2D eigenvalue weighted by Gasteiger charge is 2.59. The molecule has 166 valence electrons. The first-order chi connectivity index (χ1) is 13.8. The van der Waals surface area contributed by atoms with Crippen LogP contribution in [0, 0.1) is 46.3 Å². The molecule has 0 heterocycles. The molecule has 0 aromatic rings. The Hall–Kier alpha value is -0.530. The van der Waals surface area contributed by atoms with Crippen LogP contribution < -0.4 is 0 Å². The summed E-state index contributed by atoms with van der Waals surface area (Å²) < 4.78 is 0. The van der Waals surface area contributed by atoms with Crippen molar-refractivity contribution < 1.29 is 9.90 Å². The van der Waals surface area contributed by atoms with Crippen molar-refractivity contribution in [1.29, 1.82) is 0 Å². The highest BCUT2D eigenvalue weighted by atomic mass is 16.4. The second-order valence-corrected chi connectivity index (χ2v) is 12.2. The van der Waals surface area contributed by atoms with E-state index >= 15 is 0 Å². The summed E-state index contributed by atoms with van der Waals surface area (Å²) in [6, 6.07) is 0. The van der Waals surface area contributed by atoms with Crippen molar-refractivity contribution in [2.75, 3.05) is 0 Å². The second-order valence-electron chi connectivity index (χ2n) is 12.2. The molecule has 5 rings (SSSR count). The Morgan fingerprint density at radius 1 is 0.862 bits per heavy atom. The first-order valence-corrected chi connectivity index (χ1v) is 13.1. The summed E-state index contributed by atoms with van der Waals surface area (Å²) >= 11 is 0. The lowest BCUT2D eigenvalue weighted by Gasteiger charge is -2.60. The number of fused-ring (bicyclic) bond motifs is 5. The van der Waals surface area contributed by atoms with Gasteiger partial charge in [0.05, 0.1) is 0 Å². The van der Waals surface area contributed by atoms with Gasteiger partial charge in [0.25, 0.3) is 0 Å². The summed E-state index contributed by atoms with van der Waals surface area (Å²) in [5.74, 6) is 5.16. The van der Waals surface area contributed by atoms with E-state index in [0.29, 0.717) is 17.3 Å². The van der Waals surface area contributed by atoms with Crippen LogP contribution in [0.4, 0.5) is 0 Å². The summed E-state index contributed by atoms with van der Waals surface area (Å²) in [5, 5.41) is 8.98. The highest BCUT2D eigenvalue weighted by Crippen LogP contribution is 2.67. The van der Waals surface area contributed by atoms with Crippen molar-refractivity contribution >= 4 is 5.97 Å². The van der Waals surface area contributed by atoms with E-state index in [9.17, 15) is 4.79 Å². The predicted molar refractivity (Wildman–Crippen MR) is 120 cm³/mol. The molecule has 0 aliphatic heterocycles. The zero-order chi connectivity index (χ0) is 20.6. The minimum absolute atomic E-state index is 0.364. The van der Waals surface area contributed by atoms with Crippen LogP contribution in [-0.4, -0.2) is 11.1 Å². The van der Waals surface area contributed by atoms with Crippen molar-refractivity contribution in [2.45, 2.75) is 117 Å². The average molecular weight is 403 g/mol. The van der Waals surface area contributed by atoms with Crippen molar-refractivity contribution in [3.8, 4) is 0 Å². The molecule has 5 aliphatic carbocycles. The van der Waals surface area contributed by atoms with Gasteiger partial charge in [0.15, 0.2) is 0 Å². The maximum absolute atomic E-state index is 10.9. The van der Waals surface area contributed by atoms with Gasteiger partial charge in [-0.2, -0.15) is 0 Å². The summed E-state index contributed by atoms with van der Waals surface area (Å²) in [6.07, 6.45) is 20.0. The zero-order valence-corrected chi connectivity index (χ0v) is 19.4. The van der Waals surface area contributed by atoms with E-state index in [-0.39, 0.29) is 0 Å². The molecule has 5 fully saturated rings. The molecule has 0 aromatic carbocycles. The van der Waals surface area contributed by atoms with Crippen LogP contribution in [0.25, 0.3) is 0 Å². The molecule has 0 amide bonds. The van der Waals surface area contributed by atoms with Crippen molar-refractivity contribution in [1.82, 2.24) is 0 Å². The van der Waals surface area contributed by atoms with Crippen LogP contribution in [0.15, 0.2) is 0 Å². The van der Waals surface area contributed by atoms with Gasteiger partial charge in [0.2, 0.25) is 0 Å². The fourth-order valence-corrected chi connectivity index (χ4v) is 8.54. The Labute approximate surface area is 179 Å². The Kier molecular flexibility index (Phi) is 6.39. The van der Waals surface area contributed by atoms with Crippen molar-refractivity contribution in [2.24, 2.45) is 46.3 Å². The monoisotopic (exact) mass is 402 g/mol. The van der Waals surface area contributed by atoms with Crippen molar-refractivity contribution in [3.63, 3.8) is 0 Å². The third-order valence-electron chi connectivity index (χ3n) is 10.6. The third kappa shape index (κ3) is 4.29. The SMILES string of the molecule is CC12CCCCC1CCC1C2CCC2(C)C(CCCC(=O)O)CCC12.CC1CC1. The zero-order valence-electron chi connectivity index (χ0n) is 19.4. The lowest BCUT2D eigenvalue weighted by Crippen LogP contribution is -2.52. The topological polar surface area (TPSA) is 37.3 Å². The van der Waals surface area contributed by atoms with E-state index in [1.807, 2.05) is 0 Å². The molecular weight excluding hydrogens is 356 g/mol. The van der Waals surface area contributed by atoms with Crippen molar-refractivity contribution in [3.05, 3.63) is 0 Å². The molecule has 2 nitrogen and oxygen atoms in total. The smallest absolute Gasteiger partial charge is 0.303 e. The molecule has 29 heavy (non-hydrogen) atoms. The molecule has 0 saturated heterocycles. The first kappa shape index (κ1) is 21.7. The van der Waals surface area contributed by atoms with Gasteiger partial charge in [-0.3, -0.25) is 4.79 Å². The van der Waals surface area contributed by atoms with Crippen LogP contribution in [0.1, 0.15) is 117 Å². The summed E-state index contributed by atoms with van der Waals surface area (Å²) in [6.45, 7) is 7.53. The van der Waals surface area contributed by atoms with Crippen LogP contribution in [0.3, 0.4) is 0 Å². The van der Waals surface area contributed by atoms with E-state index in [1.54, 1.807) is 0 Å². The maximum Gasteiger partial charge on any atom is 0.303 e. The summed E-state index contributed by atoms with van der Waals surface area (Å²) in [7, 11) is 0. The predicted octanol–water partition coefficient (Wildman–Crippen LogP) is 7.71. The van der Waals surface area contributed by atoms with E-state index in [4.69, 9.17) is 5.11 Å². The summed E-state index contributed by atoms with van der Waals surface area (Å²) in [4.78, 5) is 10.9. The van der Waals surface area contributed by atoms with Gasteiger partial charge < -0.3 is 5.11 Å². The van der Waals surface area contributed by atoms with Crippen LogP contribution in [-0.2, 0) is 4.79 Å². The standard InChI is InChI=1S/C23H38O2.C4H8/c1-22-14-4-3-6-16(22)9-11-18-19-12-10-17(7-5-8-21(24)25)23(19,2)15-13-20(18)22;1-4-2-3-4/h16-20H,3-15H2,1-2H3,(H,24,25);4H,2-3H2,1H3. The van der Waals surface area contributed by atoms with Gasteiger partial charge in [-0.25, -0.2) is 0 Å². The maximum atomic E-state index is 10.9. The van der Waals surface area contributed by atoms with Gasteiger partial charge in [-0.15, -0.1) is 0 Å². The van der Waals surface area contributed by atoms with E-state index < -0.39 is 5.97 Å². The highest BCUT2D eigenvalue weighted by molar-refractivity contribution is 5.66. The molecule has 0 radical (unpaired) electrons. The third-order valence-corrected chi connectivity index (χ3v) is 10.6. The molecule has 5 saturated carbocycles. The molecule has 0 aromatic heterocycles. The fourth-order valence-electron chi connectivity index (χ4n) is 8.54. The lowest BCUT2D eigenvalue weighted by atomic mass is 9.45. The second kappa shape index (κ2) is 8.54. The first-order valence-electron chi connectivity index (χ1n) is 13.1. The normalized spacial score (nSPS) is 46.0. The number of hydrogen-bond donors (Lipinski definition) is 1. The minimum Gasteiger partial charge on any atom is -0.481 e. The Bertz CT molecular complexity index is 581. The fraction of sp³-hybridized carbons (Fsp3) is 0.963. The number of carboxylic acid groups (broad SMARTS) is 1. The number of aliphatic carboxylic acids is 1. The number of rotatable bonds is 4. The van der Waals surface area contributed by atoms with E-state index in [0.717, 1.165) is 48.3 Å². The molecule has 5 aliphatic rings. The van der Waals surface area contributed by atoms with E-state index in [1.165, 1.54) is 77.0 Å². The van der Waals surface area contributed by atoms with Gasteiger partial charge >= 0.3 is 5.97 Å². The molecule has 0 bridgehead atoms. The van der Waals surface area contributed by atoms with Crippen LogP contribution >= 0.6 is 0 Å². The Morgan fingerprint density at radius 2 is 1.59 bits per heavy atom. The quantitative estimate of drug-likeness (QED) is 0.523. The molecule has 7 atom stereocenters. The van der Waals surface area contributed by atoms with E-state index in [2.05, 4.69) is 20.8 Å². The Morgan fingerprint density at radius 3 is 2.28 bits per heavy atom. The number of hydrogen-bond acceptors (Lipinski definition) is 1.